The number of amides is 3. The van der Waals surface area contributed by atoms with Crippen molar-refractivity contribution < 1.29 is 24.2 Å². The van der Waals surface area contributed by atoms with Gasteiger partial charge in [-0.25, -0.2) is 0 Å². The lowest BCUT2D eigenvalue weighted by Gasteiger charge is -2.40. The lowest BCUT2D eigenvalue weighted by Crippen LogP contribution is -2.59. The first-order chi connectivity index (χ1) is 21.2. The smallest absolute Gasteiger partial charge is 0.253 e. The van der Waals surface area contributed by atoms with Crippen LogP contribution < -0.4 is 9.80 Å². The van der Waals surface area contributed by atoms with Crippen molar-refractivity contribution in [3.63, 3.8) is 0 Å². The summed E-state index contributed by atoms with van der Waals surface area (Å²) in [6.07, 6.45) is 5.36. The molecule has 1 N–H and O–H groups in total. The van der Waals surface area contributed by atoms with Crippen LogP contribution in [0.25, 0.3) is 0 Å². The van der Waals surface area contributed by atoms with E-state index in [1.807, 2.05) is 76.2 Å². The first-order valence-corrected chi connectivity index (χ1v) is 15.7. The van der Waals surface area contributed by atoms with Gasteiger partial charge in [-0.05, 0) is 62.8 Å². The Morgan fingerprint density at radius 2 is 1.64 bits per heavy atom. The number of hydrogen-bond acceptors (Lipinski definition) is 5. The third-order valence-electron chi connectivity index (χ3n) is 10.1. The van der Waals surface area contributed by atoms with Gasteiger partial charge in [0.25, 0.3) is 5.91 Å². The average molecular weight is 600 g/mol. The highest BCUT2D eigenvalue weighted by Gasteiger charge is 2.79. The van der Waals surface area contributed by atoms with Crippen LogP contribution in [0.5, 0.6) is 0 Å². The van der Waals surface area contributed by atoms with Gasteiger partial charge >= 0.3 is 0 Å². The second-order valence-corrected chi connectivity index (χ2v) is 12.4. The molecule has 2 bridgehead atoms. The summed E-state index contributed by atoms with van der Waals surface area (Å²) in [7, 11) is 0. The van der Waals surface area contributed by atoms with E-state index in [0.717, 1.165) is 16.8 Å². The fourth-order valence-electron chi connectivity index (χ4n) is 8.14. The molecule has 8 nitrogen and oxygen atoms in total. The highest BCUT2D eigenvalue weighted by atomic mass is 16.5. The van der Waals surface area contributed by atoms with E-state index in [1.165, 1.54) is 0 Å². The molecule has 2 aromatic carbocycles. The van der Waals surface area contributed by atoms with Gasteiger partial charge in [-0.1, -0.05) is 62.4 Å². The molecule has 3 aliphatic heterocycles. The fraction of sp³-hybridized carbons (Fsp3) is 0.472. The fourth-order valence-corrected chi connectivity index (χ4v) is 8.14. The second-order valence-electron chi connectivity index (χ2n) is 12.4. The molecule has 6 atom stereocenters. The topological polar surface area (TPSA) is 90.4 Å². The van der Waals surface area contributed by atoms with E-state index >= 15 is 0 Å². The highest BCUT2D eigenvalue weighted by molar-refractivity contribution is 6.07. The molecule has 8 heteroatoms. The van der Waals surface area contributed by atoms with E-state index in [1.54, 1.807) is 26.9 Å². The number of carbonyl (C=O) groups is 3. The Labute approximate surface area is 261 Å². The Balaban J connectivity index is 1.67. The van der Waals surface area contributed by atoms with E-state index in [9.17, 15) is 19.5 Å². The predicted molar refractivity (Wildman–Crippen MR) is 172 cm³/mol. The van der Waals surface area contributed by atoms with Crippen LogP contribution in [-0.4, -0.2) is 70.7 Å². The van der Waals surface area contributed by atoms with Crippen LogP contribution in [0.4, 0.5) is 11.4 Å². The van der Waals surface area contributed by atoms with Crippen molar-refractivity contribution in [2.24, 2.45) is 11.8 Å². The minimum Gasteiger partial charge on any atom is -0.394 e. The standard InChI is InChI=1S/C36H45N3O5/c1-7-21-37(27-17-12-11-13-18-27)32(41)28-29-33(42)39(26(9-3)23-40)31(36(29)20-19-35(28,10-4)44-36)34(43)38(22-8-2)30-24(5)15-14-16-25(30)6/h7-8,11-18,26,28-29,31,40H,1-2,9-10,19-23H2,3-6H3/t26-,28-,29-,31?,35+,36?/m0/s1. The van der Waals surface area contributed by atoms with Crippen molar-refractivity contribution in [3.05, 3.63) is 85.0 Å². The summed E-state index contributed by atoms with van der Waals surface area (Å²) in [5, 5.41) is 10.5. The highest BCUT2D eigenvalue weighted by Crippen LogP contribution is 2.65. The quantitative estimate of drug-likeness (QED) is 0.348. The molecular formula is C36H45N3O5. The number of carbonyl (C=O) groups excluding carboxylic acids is 3. The van der Waals surface area contributed by atoms with Crippen LogP contribution in [0, 0.1) is 25.7 Å². The monoisotopic (exact) mass is 599 g/mol. The van der Waals surface area contributed by atoms with E-state index in [2.05, 4.69) is 13.2 Å². The van der Waals surface area contributed by atoms with Crippen LogP contribution in [0.15, 0.2) is 73.8 Å². The number of aliphatic hydroxyl groups excluding tert-OH is 1. The molecular weight excluding hydrogens is 554 g/mol. The number of benzene rings is 2. The molecule has 2 unspecified atom stereocenters. The molecule has 1 spiro atoms. The van der Waals surface area contributed by atoms with Gasteiger partial charge in [0.05, 0.1) is 30.1 Å². The van der Waals surface area contributed by atoms with Crippen molar-refractivity contribution >= 4 is 29.1 Å². The van der Waals surface area contributed by atoms with Crippen LogP contribution in [0.2, 0.25) is 0 Å². The molecule has 0 saturated carbocycles. The van der Waals surface area contributed by atoms with Crippen molar-refractivity contribution in [1.82, 2.24) is 4.90 Å². The van der Waals surface area contributed by atoms with Crippen molar-refractivity contribution in [2.45, 2.75) is 76.7 Å². The number of rotatable bonds is 12. The lowest BCUT2D eigenvalue weighted by atomic mass is 9.64. The Kier molecular flexibility index (Phi) is 8.87. The molecule has 5 rings (SSSR count). The van der Waals surface area contributed by atoms with Gasteiger partial charge in [0.1, 0.15) is 11.6 Å². The molecule has 3 heterocycles. The number of fused-ring (bicyclic) bond motifs is 1. The number of likely N-dealkylation sites (tertiary alicyclic amines) is 1. The molecule has 3 amide bonds. The number of anilines is 2. The average Bonchev–Trinajstić information content (AvgIpc) is 3.63. The van der Waals surface area contributed by atoms with Crippen molar-refractivity contribution in [2.75, 3.05) is 29.5 Å². The zero-order chi connectivity index (χ0) is 31.8. The number of hydrogen-bond donors (Lipinski definition) is 1. The van der Waals surface area contributed by atoms with Gasteiger partial charge in [-0.2, -0.15) is 0 Å². The molecule has 3 aliphatic rings. The van der Waals surface area contributed by atoms with E-state index in [-0.39, 0.29) is 37.4 Å². The number of aryl methyl sites for hydroxylation is 2. The van der Waals surface area contributed by atoms with Crippen molar-refractivity contribution in [3.8, 4) is 0 Å². The van der Waals surface area contributed by atoms with Crippen LogP contribution >= 0.6 is 0 Å². The summed E-state index contributed by atoms with van der Waals surface area (Å²) >= 11 is 0. The number of aliphatic hydroxyl groups is 1. The second kappa shape index (κ2) is 12.3. The Morgan fingerprint density at radius 3 is 2.20 bits per heavy atom. The molecule has 3 fully saturated rings. The molecule has 3 saturated heterocycles. The molecule has 2 aromatic rings. The first kappa shape index (κ1) is 31.7. The van der Waals surface area contributed by atoms with Gasteiger partial charge < -0.3 is 24.5 Å². The summed E-state index contributed by atoms with van der Waals surface area (Å²) in [6, 6.07) is 13.6. The summed E-state index contributed by atoms with van der Waals surface area (Å²) < 4.78 is 7.03. The maximum Gasteiger partial charge on any atom is 0.253 e. The summed E-state index contributed by atoms with van der Waals surface area (Å²) in [4.78, 5) is 49.3. The summed E-state index contributed by atoms with van der Waals surface area (Å²) in [5.74, 6) is -2.45. The Hall–Kier alpha value is -3.75. The summed E-state index contributed by atoms with van der Waals surface area (Å²) in [5.41, 5.74) is 1.24. The van der Waals surface area contributed by atoms with Crippen LogP contribution in [0.3, 0.4) is 0 Å². The Bertz CT molecular complexity index is 1420. The SMILES string of the molecule is C=CCN(C(=O)[C@@H]1[C@H]2C(=O)N([C@@H](CC)CO)C(C(=O)N(CC=C)c3c(C)cccc3C)C23CC[C@@]1(CC)O3)c1ccccc1. The largest absolute Gasteiger partial charge is 0.394 e. The van der Waals surface area contributed by atoms with Gasteiger partial charge in [-0.15, -0.1) is 13.2 Å². The molecule has 234 valence electrons. The normalized spacial score (nSPS) is 27.6. The molecule has 44 heavy (non-hydrogen) atoms. The Morgan fingerprint density at radius 1 is 1.00 bits per heavy atom. The van der Waals surface area contributed by atoms with Gasteiger partial charge in [0.15, 0.2) is 0 Å². The van der Waals surface area contributed by atoms with E-state index in [4.69, 9.17) is 4.74 Å². The van der Waals surface area contributed by atoms with Gasteiger partial charge in [0.2, 0.25) is 11.8 Å². The zero-order valence-electron chi connectivity index (χ0n) is 26.4. The maximum absolute atomic E-state index is 15.0. The van der Waals surface area contributed by atoms with Gasteiger partial charge in [0, 0.05) is 24.5 Å². The molecule has 0 aromatic heterocycles. The number of nitrogens with zero attached hydrogens (tertiary/aromatic N) is 3. The van der Waals surface area contributed by atoms with Crippen molar-refractivity contribution in [1.29, 1.82) is 0 Å². The predicted octanol–water partition coefficient (Wildman–Crippen LogP) is 4.97. The molecule has 0 radical (unpaired) electrons. The van der Waals surface area contributed by atoms with E-state index < -0.39 is 35.1 Å². The number of ether oxygens (including phenoxy) is 1. The third-order valence-corrected chi connectivity index (χ3v) is 10.1. The van der Waals surface area contributed by atoms with Crippen LogP contribution in [-0.2, 0) is 19.1 Å². The van der Waals surface area contributed by atoms with Gasteiger partial charge in [-0.3, -0.25) is 14.4 Å². The first-order valence-electron chi connectivity index (χ1n) is 15.7. The van der Waals surface area contributed by atoms with E-state index in [0.29, 0.717) is 31.4 Å². The third kappa shape index (κ3) is 4.70. The maximum atomic E-state index is 15.0. The minimum atomic E-state index is -1.21. The zero-order valence-corrected chi connectivity index (χ0v) is 26.4. The lowest BCUT2D eigenvalue weighted by molar-refractivity contribution is -0.149. The van der Waals surface area contributed by atoms with Crippen LogP contribution in [0.1, 0.15) is 50.7 Å². The minimum absolute atomic E-state index is 0.208. The number of para-hydroxylation sites is 2. The molecule has 0 aliphatic carbocycles. The summed E-state index contributed by atoms with van der Waals surface area (Å²) in [6.45, 7) is 15.8.